The van der Waals surface area contributed by atoms with Gasteiger partial charge in [0.25, 0.3) is 0 Å². The van der Waals surface area contributed by atoms with Gasteiger partial charge in [-0.2, -0.15) is 0 Å². The molecule has 0 unspecified atom stereocenters. The first-order valence-corrected chi connectivity index (χ1v) is 8.32. The highest BCUT2D eigenvalue weighted by atomic mass is 16.7. The minimum absolute atomic E-state index is 0.206. The number of hydrogen-bond donors (Lipinski definition) is 2. The lowest BCUT2D eigenvalue weighted by Gasteiger charge is -2.28. The zero-order valence-corrected chi connectivity index (χ0v) is 15.1. The zero-order valence-electron chi connectivity index (χ0n) is 15.1. The lowest BCUT2D eigenvalue weighted by Crippen LogP contribution is -2.47. The van der Waals surface area contributed by atoms with Crippen molar-refractivity contribution < 1.29 is 14.3 Å². The van der Waals surface area contributed by atoms with Gasteiger partial charge in [-0.05, 0) is 44.9 Å². The normalized spacial score (nSPS) is 16.7. The second-order valence-electron chi connectivity index (χ2n) is 6.95. The number of rotatable bonds is 6. The third kappa shape index (κ3) is 4.82. The van der Waals surface area contributed by atoms with Crippen molar-refractivity contribution in [2.45, 2.75) is 45.4 Å². The first-order valence-electron chi connectivity index (χ1n) is 8.32. The van der Waals surface area contributed by atoms with E-state index in [1.807, 2.05) is 45.9 Å². The molecule has 1 aliphatic heterocycles. The highest BCUT2D eigenvalue weighted by molar-refractivity contribution is 5.75. The van der Waals surface area contributed by atoms with Gasteiger partial charge in [0.1, 0.15) is 0 Å². The summed E-state index contributed by atoms with van der Waals surface area (Å²) >= 11 is 0. The topological polar surface area (TPSA) is 59.6 Å². The molecule has 5 heteroatoms. The van der Waals surface area contributed by atoms with E-state index < -0.39 is 11.3 Å². The zero-order chi connectivity index (χ0) is 17.8. The van der Waals surface area contributed by atoms with Crippen LogP contribution >= 0.6 is 0 Å². The second-order valence-corrected chi connectivity index (χ2v) is 6.95. The van der Waals surface area contributed by atoms with Crippen LogP contribution in [0.4, 0.5) is 4.79 Å². The number of amides is 2. The number of carbonyl (C=O) groups excluding carboxylic acids is 1. The second kappa shape index (κ2) is 7.36. The van der Waals surface area contributed by atoms with E-state index in [0.29, 0.717) is 26.2 Å². The molecule has 5 nitrogen and oxygen atoms in total. The van der Waals surface area contributed by atoms with E-state index in [0.717, 1.165) is 16.7 Å². The van der Waals surface area contributed by atoms with Crippen LogP contribution in [0.15, 0.2) is 30.8 Å². The van der Waals surface area contributed by atoms with Crippen LogP contribution in [0.25, 0.3) is 5.57 Å². The minimum atomic E-state index is -0.585. The van der Waals surface area contributed by atoms with E-state index in [9.17, 15) is 4.79 Å². The maximum absolute atomic E-state index is 12.2. The van der Waals surface area contributed by atoms with E-state index in [1.54, 1.807) is 0 Å². The maximum Gasteiger partial charge on any atom is 0.315 e. The molecule has 0 saturated carbocycles. The number of urea groups is 1. The van der Waals surface area contributed by atoms with E-state index in [-0.39, 0.29) is 6.03 Å². The number of allylic oxidation sites excluding steroid dienone is 1. The quantitative estimate of drug-likeness (QED) is 0.839. The molecule has 0 atom stereocenters. The molecule has 1 aromatic rings. The van der Waals surface area contributed by atoms with Crippen LogP contribution in [0.5, 0.6) is 0 Å². The number of nitrogens with one attached hydrogen (secondary N) is 2. The summed E-state index contributed by atoms with van der Waals surface area (Å²) in [5.41, 5.74) is 2.63. The Kier molecular flexibility index (Phi) is 5.67. The maximum atomic E-state index is 12.2. The van der Waals surface area contributed by atoms with Crippen molar-refractivity contribution in [3.05, 3.63) is 42.0 Å². The molecule has 1 saturated heterocycles. The van der Waals surface area contributed by atoms with E-state index in [1.165, 1.54) is 0 Å². The van der Waals surface area contributed by atoms with E-state index in [4.69, 9.17) is 9.47 Å². The molecule has 2 amide bonds. The van der Waals surface area contributed by atoms with Crippen molar-refractivity contribution in [3.8, 4) is 0 Å². The third-order valence-electron chi connectivity index (χ3n) is 4.27. The van der Waals surface area contributed by atoms with Gasteiger partial charge in [0.15, 0.2) is 5.79 Å². The Bertz CT molecular complexity index is 604. The van der Waals surface area contributed by atoms with Gasteiger partial charge in [-0.3, -0.25) is 0 Å². The molecule has 0 bridgehead atoms. The van der Waals surface area contributed by atoms with Crippen molar-refractivity contribution >= 4 is 11.6 Å². The lowest BCUT2D eigenvalue weighted by molar-refractivity contribution is -0.145. The van der Waals surface area contributed by atoms with E-state index in [2.05, 4.69) is 23.3 Å². The summed E-state index contributed by atoms with van der Waals surface area (Å²) in [6.07, 6.45) is 0.617. The summed E-state index contributed by atoms with van der Waals surface area (Å²) in [7, 11) is 0. The SMILES string of the molecule is C=C(C)c1cccc(C(C)(C)NC(=O)NCCC2(C)OCCO2)c1. The fraction of sp³-hybridized carbons (Fsp3) is 0.526. The van der Waals surface area contributed by atoms with Gasteiger partial charge in [-0.25, -0.2) is 4.79 Å². The Hall–Kier alpha value is -1.85. The predicted molar refractivity (Wildman–Crippen MR) is 95.6 cm³/mol. The molecule has 1 heterocycles. The van der Waals surface area contributed by atoms with Crippen LogP contribution in [0.2, 0.25) is 0 Å². The molecule has 2 N–H and O–H groups in total. The molecule has 0 radical (unpaired) electrons. The Morgan fingerprint density at radius 2 is 2.00 bits per heavy atom. The van der Waals surface area contributed by atoms with Gasteiger partial charge in [-0.1, -0.05) is 30.4 Å². The summed E-state index contributed by atoms with van der Waals surface area (Å²) in [5, 5.41) is 5.89. The van der Waals surface area contributed by atoms with Crippen LogP contribution in [-0.4, -0.2) is 31.6 Å². The van der Waals surface area contributed by atoms with Gasteiger partial charge in [0, 0.05) is 13.0 Å². The van der Waals surface area contributed by atoms with Crippen LogP contribution in [-0.2, 0) is 15.0 Å². The molecule has 0 aliphatic carbocycles. The lowest BCUT2D eigenvalue weighted by atomic mass is 9.92. The van der Waals surface area contributed by atoms with Crippen LogP contribution in [0.3, 0.4) is 0 Å². The highest BCUT2D eigenvalue weighted by Crippen LogP contribution is 2.24. The monoisotopic (exact) mass is 332 g/mol. The average Bonchev–Trinajstić information content (AvgIpc) is 2.93. The molecule has 1 aliphatic rings. The van der Waals surface area contributed by atoms with Crippen LogP contribution in [0, 0.1) is 0 Å². The van der Waals surface area contributed by atoms with Gasteiger partial charge >= 0.3 is 6.03 Å². The first-order chi connectivity index (χ1) is 11.2. The standard InChI is InChI=1S/C19H28N2O3/c1-14(2)15-7-6-8-16(13-15)18(3,4)21-17(22)20-10-9-19(5)23-11-12-24-19/h6-8,13H,1,9-12H2,2-5H3,(H2,20,21,22). The number of benzene rings is 1. The van der Waals surface area contributed by atoms with Gasteiger partial charge < -0.3 is 20.1 Å². The van der Waals surface area contributed by atoms with Gasteiger partial charge in [0.05, 0.1) is 18.8 Å². The third-order valence-corrected chi connectivity index (χ3v) is 4.27. The molecule has 0 spiro atoms. The average molecular weight is 332 g/mol. The number of ether oxygens (including phenoxy) is 2. The largest absolute Gasteiger partial charge is 0.348 e. The van der Waals surface area contributed by atoms with Crippen LogP contribution < -0.4 is 10.6 Å². The molecular weight excluding hydrogens is 304 g/mol. The summed E-state index contributed by atoms with van der Waals surface area (Å²) in [5.74, 6) is -0.585. The Morgan fingerprint density at radius 3 is 2.62 bits per heavy atom. The number of hydrogen-bond acceptors (Lipinski definition) is 3. The molecular formula is C19H28N2O3. The van der Waals surface area contributed by atoms with Crippen molar-refractivity contribution in [1.29, 1.82) is 0 Å². The smallest absolute Gasteiger partial charge is 0.315 e. The van der Waals surface area contributed by atoms with Crippen molar-refractivity contribution in [3.63, 3.8) is 0 Å². The molecule has 24 heavy (non-hydrogen) atoms. The molecule has 132 valence electrons. The van der Waals surface area contributed by atoms with Gasteiger partial charge in [-0.15, -0.1) is 0 Å². The summed E-state index contributed by atoms with van der Waals surface area (Å²) in [4.78, 5) is 12.2. The molecule has 1 fully saturated rings. The van der Waals surface area contributed by atoms with Gasteiger partial charge in [0.2, 0.25) is 0 Å². The highest BCUT2D eigenvalue weighted by Gasteiger charge is 2.30. The Balaban J connectivity index is 1.89. The Morgan fingerprint density at radius 1 is 1.33 bits per heavy atom. The van der Waals surface area contributed by atoms with Crippen molar-refractivity contribution in [2.24, 2.45) is 0 Å². The Labute approximate surface area is 144 Å². The van der Waals surface area contributed by atoms with E-state index >= 15 is 0 Å². The van der Waals surface area contributed by atoms with Crippen molar-refractivity contribution in [2.75, 3.05) is 19.8 Å². The molecule has 0 aromatic heterocycles. The fourth-order valence-corrected chi connectivity index (χ4v) is 2.68. The minimum Gasteiger partial charge on any atom is -0.348 e. The first kappa shape index (κ1) is 18.5. The number of carbonyl (C=O) groups is 1. The summed E-state index contributed by atoms with van der Waals surface area (Å²) in [6.45, 7) is 13.5. The molecule has 2 rings (SSSR count). The predicted octanol–water partition coefficient (Wildman–Crippen LogP) is 3.41. The van der Waals surface area contributed by atoms with Crippen LogP contribution in [0.1, 0.15) is 45.2 Å². The summed E-state index contributed by atoms with van der Waals surface area (Å²) in [6, 6.07) is 7.86. The fourth-order valence-electron chi connectivity index (χ4n) is 2.68. The summed E-state index contributed by atoms with van der Waals surface area (Å²) < 4.78 is 11.1. The molecule has 1 aromatic carbocycles. The van der Waals surface area contributed by atoms with Crippen molar-refractivity contribution in [1.82, 2.24) is 10.6 Å².